The molecule has 4 heteroatoms. The van der Waals surface area contributed by atoms with Crippen molar-refractivity contribution in [1.29, 1.82) is 0 Å². The van der Waals surface area contributed by atoms with E-state index in [0.29, 0.717) is 6.54 Å². The zero-order valence-corrected chi connectivity index (χ0v) is 9.84. The van der Waals surface area contributed by atoms with Gasteiger partial charge in [-0.3, -0.25) is 4.68 Å². The number of carboxylic acid groups (broad SMARTS) is 1. The number of aryl methyl sites for hydroxylation is 2. The highest BCUT2D eigenvalue weighted by Gasteiger charge is 2.12. The Hall–Kier alpha value is -2.10. The van der Waals surface area contributed by atoms with Crippen LogP contribution in [0.25, 0.3) is 0 Å². The van der Waals surface area contributed by atoms with Gasteiger partial charge in [-0.25, -0.2) is 4.79 Å². The Labute approximate surface area is 99.5 Å². The molecule has 0 saturated heterocycles. The topological polar surface area (TPSA) is 55.1 Å². The predicted molar refractivity (Wildman–Crippen MR) is 64.2 cm³/mol. The molecule has 0 atom stereocenters. The molecular formula is C13H14N2O2. The Bertz CT molecular complexity index is 538. The zero-order valence-electron chi connectivity index (χ0n) is 9.84. The summed E-state index contributed by atoms with van der Waals surface area (Å²) in [5.74, 6) is -0.950. The van der Waals surface area contributed by atoms with Crippen molar-refractivity contribution in [3.63, 3.8) is 0 Å². The monoisotopic (exact) mass is 230 g/mol. The molecule has 0 fully saturated rings. The molecule has 0 radical (unpaired) electrons. The number of benzene rings is 1. The minimum atomic E-state index is -0.950. The lowest BCUT2D eigenvalue weighted by Gasteiger charge is -2.10. The molecule has 1 aromatic carbocycles. The minimum absolute atomic E-state index is 0.215. The van der Waals surface area contributed by atoms with E-state index in [4.69, 9.17) is 5.11 Å². The second-order valence-electron chi connectivity index (χ2n) is 4.05. The van der Waals surface area contributed by atoms with Crippen LogP contribution in [0.2, 0.25) is 0 Å². The number of nitrogens with zero attached hydrogens (tertiary/aromatic N) is 2. The number of rotatable bonds is 3. The van der Waals surface area contributed by atoms with Crippen molar-refractivity contribution >= 4 is 5.97 Å². The zero-order chi connectivity index (χ0) is 12.4. The smallest absolute Gasteiger partial charge is 0.354 e. The lowest BCUT2D eigenvalue weighted by atomic mass is 10.0. The largest absolute Gasteiger partial charge is 0.477 e. The molecule has 0 aliphatic heterocycles. The highest BCUT2D eigenvalue weighted by molar-refractivity contribution is 5.85. The third-order valence-corrected chi connectivity index (χ3v) is 2.89. The summed E-state index contributed by atoms with van der Waals surface area (Å²) in [4.78, 5) is 11.0. The SMILES string of the molecule is Cc1cccc(C)c1Cn1nccc1C(=O)O. The molecule has 0 spiro atoms. The molecule has 17 heavy (non-hydrogen) atoms. The first-order valence-electron chi connectivity index (χ1n) is 5.40. The Morgan fingerprint density at radius 2 is 1.94 bits per heavy atom. The number of hydrogen-bond donors (Lipinski definition) is 1. The fraction of sp³-hybridized carbons (Fsp3) is 0.231. The average Bonchev–Trinajstić information content (AvgIpc) is 2.72. The summed E-state index contributed by atoms with van der Waals surface area (Å²) < 4.78 is 1.51. The van der Waals surface area contributed by atoms with Crippen LogP contribution in [0.4, 0.5) is 0 Å². The Balaban J connectivity index is 2.38. The first kappa shape index (κ1) is 11.4. The Morgan fingerprint density at radius 1 is 1.29 bits per heavy atom. The van der Waals surface area contributed by atoms with Gasteiger partial charge in [0.1, 0.15) is 5.69 Å². The van der Waals surface area contributed by atoms with Gasteiger partial charge in [-0.15, -0.1) is 0 Å². The normalized spacial score (nSPS) is 10.5. The van der Waals surface area contributed by atoms with E-state index in [1.165, 1.54) is 16.9 Å². The van der Waals surface area contributed by atoms with E-state index >= 15 is 0 Å². The van der Waals surface area contributed by atoms with Crippen LogP contribution in [-0.4, -0.2) is 20.9 Å². The third kappa shape index (κ3) is 2.20. The molecule has 0 bridgehead atoms. The van der Waals surface area contributed by atoms with E-state index in [9.17, 15) is 4.79 Å². The number of hydrogen-bond acceptors (Lipinski definition) is 2. The number of aromatic carboxylic acids is 1. The van der Waals surface area contributed by atoms with Crippen molar-refractivity contribution in [1.82, 2.24) is 9.78 Å². The second-order valence-corrected chi connectivity index (χ2v) is 4.05. The van der Waals surface area contributed by atoms with Crippen molar-refractivity contribution in [3.8, 4) is 0 Å². The minimum Gasteiger partial charge on any atom is -0.477 e. The summed E-state index contributed by atoms with van der Waals surface area (Å²) in [7, 11) is 0. The van der Waals surface area contributed by atoms with E-state index < -0.39 is 5.97 Å². The summed E-state index contributed by atoms with van der Waals surface area (Å²) in [6.45, 7) is 4.53. The lowest BCUT2D eigenvalue weighted by Crippen LogP contribution is -2.12. The molecule has 1 N–H and O–H groups in total. The van der Waals surface area contributed by atoms with E-state index in [0.717, 1.165) is 16.7 Å². The quantitative estimate of drug-likeness (QED) is 0.879. The fourth-order valence-corrected chi connectivity index (χ4v) is 1.89. The fourth-order valence-electron chi connectivity index (χ4n) is 1.89. The number of carbonyl (C=O) groups is 1. The molecular weight excluding hydrogens is 216 g/mol. The lowest BCUT2D eigenvalue weighted by molar-refractivity contribution is 0.0684. The summed E-state index contributed by atoms with van der Waals surface area (Å²) in [6.07, 6.45) is 1.51. The van der Waals surface area contributed by atoms with Gasteiger partial charge < -0.3 is 5.11 Å². The van der Waals surface area contributed by atoms with Gasteiger partial charge in [0, 0.05) is 6.20 Å². The Morgan fingerprint density at radius 3 is 2.53 bits per heavy atom. The van der Waals surface area contributed by atoms with Gasteiger partial charge in [0.2, 0.25) is 0 Å². The first-order valence-corrected chi connectivity index (χ1v) is 5.40. The van der Waals surface area contributed by atoms with Crippen molar-refractivity contribution in [3.05, 3.63) is 52.8 Å². The van der Waals surface area contributed by atoms with Gasteiger partial charge >= 0.3 is 5.97 Å². The number of carboxylic acids is 1. The van der Waals surface area contributed by atoms with E-state index in [-0.39, 0.29) is 5.69 Å². The van der Waals surface area contributed by atoms with Crippen LogP contribution < -0.4 is 0 Å². The molecule has 4 nitrogen and oxygen atoms in total. The van der Waals surface area contributed by atoms with Gasteiger partial charge in [0.15, 0.2) is 0 Å². The first-order chi connectivity index (χ1) is 8.09. The molecule has 1 aromatic heterocycles. The molecule has 0 saturated carbocycles. The molecule has 0 aliphatic rings. The second kappa shape index (κ2) is 4.41. The predicted octanol–water partition coefficient (Wildman–Crippen LogP) is 2.25. The van der Waals surface area contributed by atoms with Gasteiger partial charge in [-0.1, -0.05) is 18.2 Å². The third-order valence-electron chi connectivity index (χ3n) is 2.89. The van der Waals surface area contributed by atoms with Crippen LogP contribution in [0.15, 0.2) is 30.5 Å². The molecule has 1 heterocycles. The highest BCUT2D eigenvalue weighted by atomic mass is 16.4. The van der Waals surface area contributed by atoms with Crippen molar-refractivity contribution in [2.45, 2.75) is 20.4 Å². The molecule has 88 valence electrons. The Kier molecular flexibility index (Phi) is 2.95. The van der Waals surface area contributed by atoms with E-state index in [1.807, 2.05) is 32.0 Å². The summed E-state index contributed by atoms with van der Waals surface area (Å²) in [5, 5.41) is 13.1. The maximum atomic E-state index is 11.0. The highest BCUT2D eigenvalue weighted by Crippen LogP contribution is 2.15. The molecule has 0 amide bonds. The van der Waals surface area contributed by atoms with Gasteiger partial charge in [0.05, 0.1) is 6.54 Å². The van der Waals surface area contributed by atoms with Crippen LogP contribution in [0.5, 0.6) is 0 Å². The summed E-state index contributed by atoms with van der Waals surface area (Å²) in [5.41, 5.74) is 3.64. The van der Waals surface area contributed by atoms with Gasteiger partial charge in [0.25, 0.3) is 0 Å². The van der Waals surface area contributed by atoms with Crippen molar-refractivity contribution in [2.75, 3.05) is 0 Å². The van der Waals surface area contributed by atoms with Gasteiger partial charge in [-0.05, 0) is 36.6 Å². The standard InChI is InChI=1S/C13H14N2O2/c1-9-4-3-5-10(2)11(9)8-15-12(13(16)17)6-7-14-15/h3-7H,8H2,1-2H3,(H,16,17). The molecule has 2 aromatic rings. The maximum Gasteiger partial charge on any atom is 0.354 e. The van der Waals surface area contributed by atoms with Gasteiger partial charge in [-0.2, -0.15) is 5.10 Å². The average molecular weight is 230 g/mol. The van der Waals surface area contributed by atoms with E-state index in [1.54, 1.807) is 0 Å². The summed E-state index contributed by atoms with van der Waals surface area (Å²) in [6, 6.07) is 7.55. The summed E-state index contributed by atoms with van der Waals surface area (Å²) >= 11 is 0. The molecule has 0 aliphatic carbocycles. The van der Waals surface area contributed by atoms with Crippen LogP contribution in [0.1, 0.15) is 27.2 Å². The molecule has 2 rings (SSSR count). The van der Waals surface area contributed by atoms with Crippen LogP contribution in [0, 0.1) is 13.8 Å². The van der Waals surface area contributed by atoms with Crippen LogP contribution in [-0.2, 0) is 6.54 Å². The van der Waals surface area contributed by atoms with Crippen LogP contribution >= 0.6 is 0 Å². The van der Waals surface area contributed by atoms with E-state index in [2.05, 4.69) is 5.10 Å². The number of aromatic nitrogens is 2. The van der Waals surface area contributed by atoms with Crippen molar-refractivity contribution < 1.29 is 9.90 Å². The van der Waals surface area contributed by atoms with Crippen LogP contribution in [0.3, 0.4) is 0 Å². The molecule has 0 unspecified atom stereocenters. The maximum absolute atomic E-state index is 11.0. The van der Waals surface area contributed by atoms with Crippen molar-refractivity contribution in [2.24, 2.45) is 0 Å².